The Bertz CT molecular complexity index is 644. The molecule has 0 spiro atoms. The second kappa shape index (κ2) is 6.13. The summed E-state index contributed by atoms with van der Waals surface area (Å²) in [6.45, 7) is 0.369. The maximum absolute atomic E-state index is 11.7. The van der Waals surface area contributed by atoms with Crippen molar-refractivity contribution in [1.29, 1.82) is 0 Å². The Kier molecular flexibility index (Phi) is 4.27. The summed E-state index contributed by atoms with van der Waals surface area (Å²) in [7, 11) is 3.40. The Morgan fingerprint density at radius 2 is 1.81 bits per heavy atom. The quantitative estimate of drug-likeness (QED) is 0.882. The fourth-order valence-electron chi connectivity index (χ4n) is 1.77. The smallest absolute Gasteiger partial charge is 0.371 e. The Morgan fingerprint density at radius 3 is 2.33 bits per heavy atom. The number of nitrogens with zero attached hydrogens (tertiary/aromatic N) is 1. The van der Waals surface area contributed by atoms with Gasteiger partial charge in [0.05, 0.1) is 6.54 Å². The minimum absolute atomic E-state index is 0.0568. The Morgan fingerprint density at radius 1 is 1.14 bits per heavy atom. The molecule has 0 aliphatic heterocycles. The highest BCUT2D eigenvalue weighted by atomic mass is 16.4. The molecule has 110 valence electrons. The standard InChI is InChI=1S/C15H16N2O4/c1-17(2)14(18)10-3-5-11(6-4-10)16-9-12-7-8-13(21-12)15(19)20/h3-8,16H,9H2,1-2H3,(H,19,20). The first-order chi connectivity index (χ1) is 9.97. The number of hydrogen-bond donors (Lipinski definition) is 2. The van der Waals surface area contributed by atoms with Gasteiger partial charge >= 0.3 is 5.97 Å². The molecule has 0 atom stereocenters. The maximum Gasteiger partial charge on any atom is 0.371 e. The highest BCUT2D eigenvalue weighted by molar-refractivity contribution is 5.94. The second-order valence-corrected chi connectivity index (χ2v) is 4.70. The Hall–Kier alpha value is -2.76. The van der Waals surface area contributed by atoms with E-state index in [0.717, 1.165) is 5.69 Å². The predicted octanol–water partition coefficient (Wildman–Crippen LogP) is 2.29. The van der Waals surface area contributed by atoms with E-state index in [1.807, 2.05) is 0 Å². The van der Waals surface area contributed by atoms with E-state index in [4.69, 9.17) is 9.52 Å². The summed E-state index contributed by atoms with van der Waals surface area (Å²) in [4.78, 5) is 23.9. The van der Waals surface area contributed by atoms with E-state index < -0.39 is 5.97 Å². The molecule has 6 heteroatoms. The summed E-state index contributed by atoms with van der Waals surface area (Å²) < 4.78 is 5.14. The third-order valence-electron chi connectivity index (χ3n) is 2.88. The third kappa shape index (κ3) is 3.62. The molecule has 2 aromatic rings. The van der Waals surface area contributed by atoms with Gasteiger partial charge in [-0.1, -0.05) is 0 Å². The number of aromatic carboxylic acids is 1. The third-order valence-corrected chi connectivity index (χ3v) is 2.88. The van der Waals surface area contributed by atoms with Crippen LogP contribution in [0, 0.1) is 0 Å². The normalized spacial score (nSPS) is 10.2. The molecule has 1 amide bonds. The zero-order chi connectivity index (χ0) is 15.4. The fraction of sp³-hybridized carbons (Fsp3) is 0.200. The van der Waals surface area contributed by atoms with E-state index in [2.05, 4.69) is 5.32 Å². The molecule has 1 aromatic carbocycles. The van der Waals surface area contributed by atoms with Crippen LogP contribution in [0.3, 0.4) is 0 Å². The molecule has 2 N–H and O–H groups in total. The van der Waals surface area contributed by atoms with Crippen LogP contribution in [-0.2, 0) is 6.54 Å². The van der Waals surface area contributed by atoms with Gasteiger partial charge in [-0.2, -0.15) is 0 Å². The highest BCUT2D eigenvalue weighted by Gasteiger charge is 2.09. The lowest BCUT2D eigenvalue weighted by Gasteiger charge is -2.11. The largest absolute Gasteiger partial charge is 0.475 e. The first-order valence-corrected chi connectivity index (χ1v) is 6.35. The molecule has 1 aromatic heterocycles. The van der Waals surface area contributed by atoms with Crippen molar-refractivity contribution in [2.75, 3.05) is 19.4 Å². The summed E-state index contributed by atoms with van der Waals surface area (Å²) in [5.41, 5.74) is 1.43. The van der Waals surface area contributed by atoms with Crippen LogP contribution in [0.5, 0.6) is 0 Å². The monoisotopic (exact) mass is 288 g/mol. The first kappa shape index (κ1) is 14.6. The molecule has 6 nitrogen and oxygen atoms in total. The molecule has 1 heterocycles. The van der Waals surface area contributed by atoms with Crippen molar-refractivity contribution < 1.29 is 19.1 Å². The number of carbonyl (C=O) groups excluding carboxylic acids is 1. The highest BCUT2D eigenvalue weighted by Crippen LogP contribution is 2.14. The molecule has 0 aliphatic rings. The Balaban J connectivity index is 1.97. The van der Waals surface area contributed by atoms with Crippen LogP contribution < -0.4 is 5.32 Å². The van der Waals surface area contributed by atoms with E-state index in [1.165, 1.54) is 11.0 Å². The van der Waals surface area contributed by atoms with Crippen LogP contribution in [0.4, 0.5) is 5.69 Å². The average molecular weight is 288 g/mol. The fourth-order valence-corrected chi connectivity index (χ4v) is 1.77. The second-order valence-electron chi connectivity index (χ2n) is 4.70. The number of nitrogens with one attached hydrogen (secondary N) is 1. The minimum Gasteiger partial charge on any atom is -0.475 e. The van der Waals surface area contributed by atoms with Crippen molar-refractivity contribution in [3.63, 3.8) is 0 Å². The molecule has 0 saturated heterocycles. The van der Waals surface area contributed by atoms with Gasteiger partial charge in [-0.25, -0.2) is 4.79 Å². The molecule has 2 rings (SSSR count). The SMILES string of the molecule is CN(C)C(=O)c1ccc(NCc2ccc(C(=O)O)o2)cc1. The van der Waals surface area contributed by atoms with Gasteiger partial charge in [0.2, 0.25) is 5.76 Å². The molecule has 21 heavy (non-hydrogen) atoms. The molecule has 0 fully saturated rings. The van der Waals surface area contributed by atoms with Gasteiger partial charge in [-0.3, -0.25) is 4.79 Å². The lowest BCUT2D eigenvalue weighted by atomic mass is 10.2. The van der Waals surface area contributed by atoms with Gasteiger partial charge in [0.15, 0.2) is 0 Å². The van der Waals surface area contributed by atoms with Gasteiger partial charge in [-0.15, -0.1) is 0 Å². The van der Waals surface area contributed by atoms with Crippen LogP contribution in [-0.4, -0.2) is 36.0 Å². The number of carboxylic acids is 1. The number of carboxylic acid groups (broad SMARTS) is 1. The van der Waals surface area contributed by atoms with E-state index in [9.17, 15) is 9.59 Å². The lowest BCUT2D eigenvalue weighted by Crippen LogP contribution is -2.21. The zero-order valence-electron chi connectivity index (χ0n) is 11.8. The van der Waals surface area contributed by atoms with Gasteiger partial charge in [0.25, 0.3) is 5.91 Å². The van der Waals surface area contributed by atoms with Gasteiger partial charge < -0.3 is 19.7 Å². The molecule has 0 radical (unpaired) electrons. The lowest BCUT2D eigenvalue weighted by molar-refractivity contribution is 0.0660. The number of benzene rings is 1. The van der Waals surface area contributed by atoms with Crippen LogP contribution in [0.2, 0.25) is 0 Å². The van der Waals surface area contributed by atoms with Crippen molar-refractivity contribution in [3.05, 3.63) is 53.5 Å². The summed E-state index contributed by atoms with van der Waals surface area (Å²) >= 11 is 0. The molecule has 0 saturated carbocycles. The van der Waals surface area contributed by atoms with Crippen LogP contribution in [0.25, 0.3) is 0 Å². The molecule has 0 unspecified atom stereocenters. The van der Waals surface area contributed by atoms with Crippen molar-refractivity contribution in [1.82, 2.24) is 4.90 Å². The summed E-state index contributed by atoms with van der Waals surface area (Å²) in [5, 5.41) is 11.9. The number of carbonyl (C=O) groups is 2. The van der Waals surface area contributed by atoms with Gasteiger partial charge in [0.1, 0.15) is 5.76 Å². The molecule has 0 aliphatic carbocycles. The summed E-state index contributed by atoms with van der Waals surface area (Å²) in [5.74, 6) is -0.703. The maximum atomic E-state index is 11.7. The minimum atomic E-state index is -1.09. The average Bonchev–Trinajstić information content (AvgIpc) is 2.94. The van der Waals surface area contributed by atoms with Gasteiger partial charge in [0, 0.05) is 25.3 Å². The van der Waals surface area contributed by atoms with E-state index in [-0.39, 0.29) is 11.7 Å². The van der Waals surface area contributed by atoms with Crippen molar-refractivity contribution in [2.45, 2.75) is 6.54 Å². The predicted molar refractivity (Wildman–Crippen MR) is 77.5 cm³/mol. The first-order valence-electron chi connectivity index (χ1n) is 6.35. The summed E-state index contributed by atoms with van der Waals surface area (Å²) in [6.07, 6.45) is 0. The number of anilines is 1. The Labute approximate surface area is 122 Å². The topological polar surface area (TPSA) is 82.8 Å². The van der Waals surface area contributed by atoms with E-state index >= 15 is 0 Å². The van der Waals surface area contributed by atoms with Crippen LogP contribution >= 0.6 is 0 Å². The number of hydrogen-bond acceptors (Lipinski definition) is 4. The number of amides is 1. The number of furan rings is 1. The molecule has 0 bridgehead atoms. The van der Waals surface area contributed by atoms with E-state index in [0.29, 0.717) is 17.9 Å². The van der Waals surface area contributed by atoms with Crippen molar-refractivity contribution in [3.8, 4) is 0 Å². The number of rotatable bonds is 5. The molecular weight excluding hydrogens is 272 g/mol. The van der Waals surface area contributed by atoms with Crippen molar-refractivity contribution >= 4 is 17.6 Å². The zero-order valence-corrected chi connectivity index (χ0v) is 11.8. The van der Waals surface area contributed by atoms with Crippen LogP contribution in [0.15, 0.2) is 40.8 Å². The molecular formula is C15H16N2O4. The van der Waals surface area contributed by atoms with Crippen molar-refractivity contribution in [2.24, 2.45) is 0 Å². The van der Waals surface area contributed by atoms with Crippen LogP contribution in [0.1, 0.15) is 26.7 Å². The summed E-state index contributed by atoms with van der Waals surface area (Å²) in [6, 6.07) is 10.1. The van der Waals surface area contributed by atoms with E-state index in [1.54, 1.807) is 44.4 Å². The van der Waals surface area contributed by atoms with Gasteiger partial charge in [-0.05, 0) is 36.4 Å².